The molecule has 5 nitrogen and oxygen atoms in total. The van der Waals surface area contributed by atoms with Crippen LogP contribution in [-0.2, 0) is 11.2 Å². The van der Waals surface area contributed by atoms with E-state index >= 15 is 0 Å². The number of unbranched alkanes of at least 4 members (excludes halogenated alkanes) is 2. The molecule has 0 saturated carbocycles. The highest BCUT2D eigenvalue weighted by molar-refractivity contribution is 6.32. The fourth-order valence-electron chi connectivity index (χ4n) is 2.56. The fraction of sp³-hybridized carbons (Fsp3) is 0.444. The van der Waals surface area contributed by atoms with Crippen LogP contribution in [0.15, 0.2) is 33.8 Å². The van der Waals surface area contributed by atoms with Gasteiger partial charge in [0.1, 0.15) is 18.1 Å². The number of aromatic nitrogens is 1. The van der Waals surface area contributed by atoms with E-state index in [2.05, 4.69) is 10.1 Å². The molecule has 3 rings (SSSR count). The molecule has 0 atom stereocenters. The minimum atomic E-state index is 0.587. The molecule has 24 heavy (non-hydrogen) atoms. The Morgan fingerprint density at radius 3 is 2.83 bits per heavy atom. The average molecular weight is 349 g/mol. The second-order valence-electron chi connectivity index (χ2n) is 5.77. The summed E-state index contributed by atoms with van der Waals surface area (Å²) in [7, 11) is 0. The van der Waals surface area contributed by atoms with E-state index < -0.39 is 0 Å². The lowest BCUT2D eigenvalue weighted by molar-refractivity contribution is 0.305. The first-order chi connectivity index (χ1) is 11.7. The Kier molecular flexibility index (Phi) is 5.75. The first kappa shape index (κ1) is 16.8. The molecule has 1 aliphatic heterocycles. The number of aliphatic imine (C=N–C) groups is 1. The van der Waals surface area contributed by atoms with Gasteiger partial charge in [0.25, 0.3) is 0 Å². The van der Waals surface area contributed by atoms with Gasteiger partial charge in [-0.3, -0.25) is 0 Å². The van der Waals surface area contributed by atoms with E-state index in [4.69, 9.17) is 25.6 Å². The van der Waals surface area contributed by atoms with Crippen molar-refractivity contribution in [3.63, 3.8) is 0 Å². The van der Waals surface area contributed by atoms with Gasteiger partial charge in [-0.2, -0.15) is 0 Å². The number of hydrogen-bond acceptors (Lipinski definition) is 5. The zero-order chi connectivity index (χ0) is 16.8. The van der Waals surface area contributed by atoms with Crippen LogP contribution < -0.4 is 4.74 Å². The Morgan fingerprint density at radius 2 is 2.12 bits per heavy atom. The normalized spacial score (nSPS) is 13.7. The number of hydrogen-bond donors (Lipinski definition) is 0. The monoisotopic (exact) mass is 348 g/mol. The summed E-state index contributed by atoms with van der Waals surface area (Å²) < 4.78 is 16.3. The molecule has 0 saturated heterocycles. The molecule has 0 aliphatic carbocycles. The van der Waals surface area contributed by atoms with Crippen LogP contribution in [0, 0.1) is 6.92 Å². The summed E-state index contributed by atoms with van der Waals surface area (Å²) in [5.74, 6) is 2.22. The summed E-state index contributed by atoms with van der Waals surface area (Å²) in [5.41, 5.74) is 1.91. The summed E-state index contributed by atoms with van der Waals surface area (Å²) in [6.45, 7) is 3.90. The lowest BCUT2D eigenvalue weighted by Crippen LogP contribution is -2.02. The van der Waals surface area contributed by atoms with Crippen molar-refractivity contribution in [3.8, 4) is 5.75 Å². The molecule has 0 spiro atoms. The van der Waals surface area contributed by atoms with Crippen molar-refractivity contribution in [2.24, 2.45) is 4.99 Å². The Labute approximate surface area is 146 Å². The van der Waals surface area contributed by atoms with Crippen LogP contribution in [0.1, 0.15) is 36.3 Å². The molecule has 1 aliphatic rings. The van der Waals surface area contributed by atoms with Gasteiger partial charge in [-0.25, -0.2) is 4.99 Å². The van der Waals surface area contributed by atoms with Crippen molar-refractivity contribution >= 4 is 17.5 Å². The zero-order valence-corrected chi connectivity index (χ0v) is 14.5. The predicted octanol–water partition coefficient (Wildman–Crippen LogP) is 4.21. The second kappa shape index (κ2) is 8.20. The number of benzene rings is 1. The smallest absolute Gasteiger partial charge is 0.216 e. The van der Waals surface area contributed by atoms with E-state index in [0.717, 1.165) is 42.7 Å². The molecule has 2 aromatic rings. The van der Waals surface area contributed by atoms with Crippen LogP contribution in [0.25, 0.3) is 0 Å². The number of aryl methyl sites for hydroxylation is 2. The summed E-state index contributed by atoms with van der Waals surface area (Å²) in [4.78, 5) is 4.28. The van der Waals surface area contributed by atoms with Gasteiger partial charge in [0.15, 0.2) is 0 Å². The van der Waals surface area contributed by atoms with E-state index in [9.17, 15) is 0 Å². The Bertz CT molecular complexity index is 712. The summed E-state index contributed by atoms with van der Waals surface area (Å²) in [6.07, 6.45) is 4.06. The van der Waals surface area contributed by atoms with E-state index in [1.165, 1.54) is 0 Å². The van der Waals surface area contributed by atoms with Gasteiger partial charge in [-0.05, 0) is 50.8 Å². The minimum Gasteiger partial charge on any atom is -0.492 e. The lowest BCUT2D eigenvalue weighted by atomic mass is 10.1. The fourth-order valence-corrected chi connectivity index (χ4v) is 2.80. The van der Waals surface area contributed by atoms with Crippen LogP contribution in [0.5, 0.6) is 5.75 Å². The maximum absolute atomic E-state index is 6.28. The number of halogens is 1. The van der Waals surface area contributed by atoms with Crippen LogP contribution in [0.4, 0.5) is 0 Å². The Morgan fingerprint density at radius 1 is 1.21 bits per heavy atom. The summed E-state index contributed by atoms with van der Waals surface area (Å²) in [5, 5.41) is 4.58. The van der Waals surface area contributed by atoms with Gasteiger partial charge in [0, 0.05) is 11.6 Å². The van der Waals surface area contributed by atoms with Crippen LogP contribution >= 0.6 is 11.6 Å². The van der Waals surface area contributed by atoms with Gasteiger partial charge in [0.05, 0.1) is 23.9 Å². The van der Waals surface area contributed by atoms with E-state index in [1.807, 2.05) is 31.2 Å². The Balaban J connectivity index is 1.38. The van der Waals surface area contributed by atoms with E-state index in [1.54, 1.807) is 0 Å². The van der Waals surface area contributed by atoms with Crippen molar-refractivity contribution in [1.29, 1.82) is 0 Å². The standard InChI is InChI=1S/C18H21ClN2O3/c1-13-11-15(21-24-13)5-3-2-4-9-22-17-7-6-14(12-16(17)19)18-20-8-10-23-18/h6-7,11-12H,2-5,8-10H2,1H3. The van der Waals surface area contributed by atoms with Crippen molar-refractivity contribution in [2.45, 2.75) is 32.6 Å². The van der Waals surface area contributed by atoms with Gasteiger partial charge in [0.2, 0.25) is 5.90 Å². The van der Waals surface area contributed by atoms with Gasteiger partial charge in [-0.15, -0.1) is 0 Å². The predicted molar refractivity (Wildman–Crippen MR) is 93.1 cm³/mol. The molecular formula is C18H21ClN2O3. The molecule has 1 aromatic heterocycles. The third kappa shape index (κ3) is 4.51. The maximum atomic E-state index is 6.28. The van der Waals surface area contributed by atoms with Crippen molar-refractivity contribution in [1.82, 2.24) is 5.16 Å². The van der Waals surface area contributed by atoms with Crippen LogP contribution in [0.2, 0.25) is 5.02 Å². The molecule has 0 fully saturated rings. The highest BCUT2D eigenvalue weighted by atomic mass is 35.5. The first-order valence-corrected chi connectivity index (χ1v) is 8.62. The third-order valence-corrected chi connectivity index (χ3v) is 4.07. The largest absolute Gasteiger partial charge is 0.492 e. The minimum absolute atomic E-state index is 0.587. The second-order valence-corrected chi connectivity index (χ2v) is 6.18. The topological polar surface area (TPSA) is 56.9 Å². The number of rotatable bonds is 8. The summed E-state index contributed by atoms with van der Waals surface area (Å²) >= 11 is 6.28. The van der Waals surface area contributed by atoms with Crippen LogP contribution in [-0.4, -0.2) is 30.8 Å². The number of ether oxygens (including phenoxy) is 2. The first-order valence-electron chi connectivity index (χ1n) is 8.24. The van der Waals surface area contributed by atoms with Gasteiger partial charge in [-0.1, -0.05) is 16.8 Å². The molecule has 1 aromatic carbocycles. The van der Waals surface area contributed by atoms with Gasteiger partial charge < -0.3 is 14.0 Å². The quantitative estimate of drug-likeness (QED) is 0.671. The zero-order valence-electron chi connectivity index (χ0n) is 13.8. The molecule has 6 heteroatoms. The average Bonchev–Trinajstić information content (AvgIpc) is 3.23. The SMILES string of the molecule is Cc1cc(CCCCCOc2ccc(C3=NCCO3)cc2Cl)no1. The van der Waals surface area contributed by atoms with Crippen molar-refractivity contribution < 1.29 is 14.0 Å². The lowest BCUT2D eigenvalue weighted by Gasteiger charge is -2.09. The molecule has 0 radical (unpaired) electrons. The molecule has 0 amide bonds. The molecule has 2 heterocycles. The molecule has 0 unspecified atom stereocenters. The van der Waals surface area contributed by atoms with Crippen molar-refractivity contribution in [3.05, 3.63) is 46.3 Å². The van der Waals surface area contributed by atoms with E-state index in [0.29, 0.717) is 36.4 Å². The highest BCUT2D eigenvalue weighted by Crippen LogP contribution is 2.26. The third-order valence-electron chi connectivity index (χ3n) is 3.78. The number of nitrogens with zero attached hydrogens (tertiary/aromatic N) is 2. The molecule has 0 N–H and O–H groups in total. The highest BCUT2D eigenvalue weighted by Gasteiger charge is 2.12. The summed E-state index contributed by atoms with van der Waals surface area (Å²) in [6, 6.07) is 7.63. The van der Waals surface area contributed by atoms with Gasteiger partial charge >= 0.3 is 0 Å². The molecular weight excluding hydrogens is 328 g/mol. The molecule has 0 bridgehead atoms. The Hall–Kier alpha value is -2.01. The van der Waals surface area contributed by atoms with Crippen LogP contribution in [0.3, 0.4) is 0 Å². The van der Waals surface area contributed by atoms with Crippen molar-refractivity contribution in [2.75, 3.05) is 19.8 Å². The van der Waals surface area contributed by atoms with E-state index in [-0.39, 0.29) is 0 Å². The molecule has 128 valence electrons. The maximum Gasteiger partial charge on any atom is 0.216 e.